The molecule has 0 radical (unpaired) electrons. The van der Waals surface area contributed by atoms with E-state index in [-0.39, 0.29) is 24.4 Å². The lowest BCUT2D eigenvalue weighted by atomic mass is 9.92. The largest absolute Gasteiger partial charge is 0.338 e. The van der Waals surface area contributed by atoms with E-state index in [4.69, 9.17) is 5.73 Å². The smallest absolute Gasteiger partial charge is 0.253 e. The van der Waals surface area contributed by atoms with Crippen LogP contribution in [0.15, 0.2) is 24.3 Å². The van der Waals surface area contributed by atoms with E-state index in [1.165, 1.54) is 5.56 Å². The van der Waals surface area contributed by atoms with Crippen molar-refractivity contribution in [3.63, 3.8) is 0 Å². The molecule has 1 amide bonds. The fraction of sp³-hybridized carbons (Fsp3) is 0.533. The van der Waals surface area contributed by atoms with Crippen LogP contribution in [-0.4, -0.2) is 29.9 Å². The molecule has 0 aromatic heterocycles. The van der Waals surface area contributed by atoms with Crippen LogP contribution in [0.2, 0.25) is 0 Å². The first-order valence-electron chi connectivity index (χ1n) is 6.69. The van der Waals surface area contributed by atoms with E-state index in [1.54, 1.807) is 0 Å². The molecule has 0 aliphatic carbocycles. The van der Waals surface area contributed by atoms with Crippen molar-refractivity contribution in [2.45, 2.75) is 32.7 Å². The topological polar surface area (TPSA) is 46.3 Å². The fourth-order valence-electron chi connectivity index (χ4n) is 2.50. The molecule has 1 aromatic rings. The highest BCUT2D eigenvalue weighted by atomic mass is 35.5. The van der Waals surface area contributed by atoms with Gasteiger partial charge in [0.2, 0.25) is 0 Å². The molecule has 1 fully saturated rings. The number of likely N-dealkylation sites (tertiary alicyclic amines) is 1. The van der Waals surface area contributed by atoms with Gasteiger partial charge in [-0.1, -0.05) is 17.7 Å². The number of carbonyl (C=O) groups is 1. The van der Waals surface area contributed by atoms with Gasteiger partial charge in [-0.25, -0.2) is 0 Å². The Balaban J connectivity index is 0.00000180. The van der Waals surface area contributed by atoms with Crippen LogP contribution in [-0.2, 0) is 0 Å². The summed E-state index contributed by atoms with van der Waals surface area (Å²) < 4.78 is 0. The molecule has 1 saturated heterocycles. The third kappa shape index (κ3) is 3.95. The van der Waals surface area contributed by atoms with Crippen molar-refractivity contribution in [2.75, 3.05) is 13.1 Å². The molecule has 3 nitrogen and oxygen atoms in total. The van der Waals surface area contributed by atoms with Crippen molar-refractivity contribution >= 4 is 18.3 Å². The summed E-state index contributed by atoms with van der Waals surface area (Å²) in [6.45, 7) is 5.71. The highest BCUT2D eigenvalue weighted by Gasteiger charge is 2.26. The molecular formula is C15H23ClN2O. The summed E-state index contributed by atoms with van der Waals surface area (Å²) in [5.74, 6) is 0.577. The minimum atomic E-state index is 0. The second kappa shape index (κ2) is 6.92. The summed E-state index contributed by atoms with van der Waals surface area (Å²) in [4.78, 5) is 14.3. The van der Waals surface area contributed by atoms with Crippen molar-refractivity contribution in [2.24, 2.45) is 11.7 Å². The highest BCUT2D eigenvalue weighted by Crippen LogP contribution is 2.20. The van der Waals surface area contributed by atoms with E-state index in [1.807, 2.05) is 43.0 Å². The molecule has 2 rings (SSSR count). The number of rotatable bonds is 2. The maximum Gasteiger partial charge on any atom is 0.253 e. The SMILES string of the molecule is Cc1ccc(C(=O)N2CCCC(C(C)N)C2)cc1.Cl. The standard InChI is InChI=1S/C15H22N2O.ClH/c1-11-5-7-13(8-6-11)15(18)17-9-3-4-14(10-17)12(2)16;/h5-8,12,14H,3-4,9-10,16H2,1-2H3;1H. The Hall–Kier alpha value is -1.06. The lowest BCUT2D eigenvalue weighted by Crippen LogP contribution is -2.45. The molecule has 2 atom stereocenters. The van der Waals surface area contributed by atoms with Gasteiger partial charge in [-0.2, -0.15) is 0 Å². The zero-order valence-electron chi connectivity index (χ0n) is 11.6. The van der Waals surface area contributed by atoms with Crippen LogP contribution < -0.4 is 5.73 Å². The normalized spacial score (nSPS) is 20.6. The van der Waals surface area contributed by atoms with Crippen LogP contribution in [0.3, 0.4) is 0 Å². The average molecular weight is 283 g/mol. The summed E-state index contributed by atoms with van der Waals surface area (Å²) in [7, 11) is 0. The number of benzene rings is 1. The predicted octanol–water partition coefficient (Wildman–Crippen LogP) is 2.62. The summed E-state index contributed by atoms with van der Waals surface area (Å²) in [6.07, 6.45) is 2.19. The van der Waals surface area contributed by atoms with Gasteiger partial charge >= 0.3 is 0 Å². The zero-order valence-corrected chi connectivity index (χ0v) is 12.5. The molecule has 1 aromatic carbocycles. The second-order valence-electron chi connectivity index (χ2n) is 5.38. The van der Waals surface area contributed by atoms with Gasteiger partial charge in [-0.3, -0.25) is 4.79 Å². The van der Waals surface area contributed by atoms with Crippen LogP contribution in [0.4, 0.5) is 0 Å². The molecule has 2 N–H and O–H groups in total. The maximum atomic E-state index is 12.4. The van der Waals surface area contributed by atoms with Crippen LogP contribution in [0.5, 0.6) is 0 Å². The monoisotopic (exact) mass is 282 g/mol. The Morgan fingerprint density at radius 3 is 2.58 bits per heavy atom. The molecule has 0 saturated carbocycles. The van der Waals surface area contributed by atoms with Crippen LogP contribution in [0.25, 0.3) is 0 Å². The first-order chi connectivity index (χ1) is 8.58. The van der Waals surface area contributed by atoms with Gasteiger partial charge in [0.15, 0.2) is 0 Å². The van der Waals surface area contributed by atoms with Crippen molar-refractivity contribution in [3.05, 3.63) is 35.4 Å². The number of aryl methyl sites for hydroxylation is 1. The fourth-order valence-corrected chi connectivity index (χ4v) is 2.50. The van der Waals surface area contributed by atoms with Gasteiger partial charge < -0.3 is 10.6 Å². The highest BCUT2D eigenvalue weighted by molar-refractivity contribution is 5.94. The Labute approximate surface area is 121 Å². The quantitative estimate of drug-likeness (QED) is 0.906. The van der Waals surface area contributed by atoms with Gasteiger partial charge in [-0.05, 0) is 44.7 Å². The summed E-state index contributed by atoms with van der Waals surface area (Å²) >= 11 is 0. The van der Waals surface area contributed by atoms with Crippen LogP contribution in [0.1, 0.15) is 35.7 Å². The molecular weight excluding hydrogens is 260 g/mol. The molecule has 0 spiro atoms. The van der Waals surface area contributed by atoms with E-state index in [9.17, 15) is 4.79 Å². The lowest BCUT2D eigenvalue weighted by molar-refractivity contribution is 0.0661. The van der Waals surface area contributed by atoms with E-state index in [0.29, 0.717) is 5.92 Å². The molecule has 0 bridgehead atoms. The number of nitrogens with zero attached hydrogens (tertiary/aromatic N) is 1. The van der Waals surface area contributed by atoms with E-state index >= 15 is 0 Å². The van der Waals surface area contributed by atoms with E-state index in [2.05, 4.69) is 0 Å². The average Bonchev–Trinajstić information content (AvgIpc) is 2.39. The Kier molecular flexibility index (Phi) is 5.83. The minimum absolute atomic E-state index is 0. The summed E-state index contributed by atoms with van der Waals surface area (Å²) in [5.41, 5.74) is 7.91. The maximum absolute atomic E-state index is 12.4. The van der Waals surface area contributed by atoms with E-state index < -0.39 is 0 Å². The molecule has 1 aliphatic rings. The summed E-state index contributed by atoms with van der Waals surface area (Å²) in [6, 6.07) is 7.96. The second-order valence-corrected chi connectivity index (χ2v) is 5.38. The Bertz CT molecular complexity index is 417. The van der Waals surface area contributed by atoms with Crippen molar-refractivity contribution in [3.8, 4) is 0 Å². The molecule has 19 heavy (non-hydrogen) atoms. The predicted molar refractivity (Wildman–Crippen MR) is 80.7 cm³/mol. The number of hydrogen-bond acceptors (Lipinski definition) is 2. The molecule has 4 heteroatoms. The minimum Gasteiger partial charge on any atom is -0.338 e. The molecule has 1 aliphatic heterocycles. The number of hydrogen-bond donors (Lipinski definition) is 1. The lowest BCUT2D eigenvalue weighted by Gasteiger charge is -2.34. The molecule has 106 valence electrons. The van der Waals surface area contributed by atoms with Crippen LogP contribution in [0, 0.1) is 12.8 Å². The van der Waals surface area contributed by atoms with Gasteiger partial charge in [0, 0.05) is 24.7 Å². The van der Waals surface area contributed by atoms with Gasteiger partial charge in [0.1, 0.15) is 0 Å². The van der Waals surface area contributed by atoms with Crippen molar-refractivity contribution in [1.29, 1.82) is 0 Å². The van der Waals surface area contributed by atoms with Crippen molar-refractivity contribution < 1.29 is 4.79 Å². The number of nitrogens with two attached hydrogens (primary N) is 1. The number of piperidine rings is 1. The molecule has 1 heterocycles. The van der Waals surface area contributed by atoms with E-state index in [0.717, 1.165) is 31.5 Å². The Morgan fingerprint density at radius 2 is 2.00 bits per heavy atom. The zero-order chi connectivity index (χ0) is 13.1. The number of carbonyl (C=O) groups excluding carboxylic acids is 1. The van der Waals surface area contributed by atoms with Crippen LogP contribution >= 0.6 is 12.4 Å². The Morgan fingerprint density at radius 1 is 1.37 bits per heavy atom. The van der Waals surface area contributed by atoms with Gasteiger partial charge in [0.05, 0.1) is 0 Å². The number of halogens is 1. The first-order valence-corrected chi connectivity index (χ1v) is 6.69. The molecule has 2 unspecified atom stereocenters. The van der Waals surface area contributed by atoms with Gasteiger partial charge in [-0.15, -0.1) is 12.4 Å². The third-order valence-corrected chi connectivity index (χ3v) is 3.79. The third-order valence-electron chi connectivity index (χ3n) is 3.79. The number of amides is 1. The first kappa shape index (κ1) is 16.0. The summed E-state index contributed by atoms with van der Waals surface area (Å²) in [5, 5.41) is 0. The van der Waals surface area contributed by atoms with Gasteiger partial charge in [0.25, 0.3) is 5.91 Å². The van der Waals surface area contributed by atoms with Crippen molar-refractivity contribution in [1.82, 2.24) is 4.90 Å².